The van der Waals surface area contributed by atoms with E-state index in [1.54, 1.807) is 18.2 Å². The molecule has 26 heavy (non-hydrogen) atoms. The molecule has 6 heteroatoms. The highest BCUT2D eigenvalue weighted by Crippen LogP contribution is 2.30. The van der Waals surface area contributed by atoms with Crippen LogP contribution in [-0.4, -0.2) is 28.7 Å². The summed E-state index contributed by atoms with van der Waals surface area (Å²) in [6.45, 7) is 4.10. The molecule has 0 radical (unpaired) electrons. The van der Waals surface area contributed by atoms with E-state index in [1.165, 1.54) is 0 Å². The molecule has 0 aliphatic carbocycles. The maximum absolute atomic E-state index is 12.8. The van der Waals surface area contributed by atoms with Crippen LogP contribution in [0.1, 0.15) is 30.1 Å². The van der Waals surface area contributed by atoms with Crippen molar-refractivity contribution in [1.82, 2.24) is 9.55 Å². The average Bonchev–Trinajstić information content (AvgIpc) is 2.84. The number of para-hydroxylation sites is 2. The number of anilines is 1. The molecule has 4 rings (SSSR count). The van der Waals surface area contributed by atoms with E-state index in [0.717, 1.165) is 30.4 Å². The number of aryl methyl sites for hydroxylation is 1. The van der Waals surface area contributed by atoms with Gasteiger partial charge in [0.25, 0.3) is 5.91 Å². The zero-order valence-corrected chi connectivity index (χ0v) is 14.7. The third-order valence-corrected chi connectivity index (χ3v) is 4.34. The van der Waals surface area contributed by atoms with Gasteiger partial charge in [0.15, 0.2) is 11.5 Å². The highest BCUT2D eigenvalue weighted by molar-refractivity contribution is 6.04. The Morgan fingerprint density at radius 1 is 1.15 bits per heavy atom. The van der Waals surface area contributed by atoms with E-state index in [4.69, 9.17) is 9.47 Å². The molecule has 1 amide bonds. The van der Waals surface area contributed by atoms with Gasteiger partial charge in [0.1, 0.15) is 0 Å². The second-order valence-electron chi connectivity index (χ2n) is 6.24. The number of aromatic nitrogens is 2. The van der Waals surface area contributed by atoms with Crippen LogP contribution in [0.5, 0.6) is 11.5 Å². The third-order valence-electron chi connectivity index (χ3n) is 4.34. The zero-order valence-electron chi connectivity index (χ0n) is 14.7. The fraction of sp³-hybridized carbons (Fsp3) is 0.300. The SMILES string of the molecule is CCCn1c(NC(=O)c2ccc3c(c2)OCCCO3)nc2ccccc21. The molecule has 0 saturated heterocycles. The lowest BCUT2D eigenvalue weighted by Gasteiger charge is -2.11. The van der Waals surface area contributed by atoms with E-state index in [1.807, 2.05) is 28.8 Å². The van der Waals surface area contributed by atoms with Crippen LogP contribution >= 0.6 is 0 Å². The van der Waals surface area contributed by atoms with Gasteiger partial charge in [-0.05, 0) is 36.8 Å². The molecule has 1 aromatic heterocycles. The molecular weight excluding hydrogens is 330 g/mol. The zero-order chi connectivity index (χ0) is 17.9. The Morgan fingerprint density at radius 3 is 2.81 bits per heavy atom. The summed E-state index contributed by atoms with van der Waals surface area (Å²) in [6, 6.07) is 13.1. The quantitative estimate of drug-likeness (QED) is 0.775. The maximum atomic E-state index is 12.8. The Bertz CT molecular complexity index is 949. The van der Waals surface area contributed by atoms with Gasteiger partial charge in [0.2, 0.25) is 5.95 Å². The van der Waals surface area contributed by atoms with Gasteiger partial charge in [-0.3, -0.25) is 10.1 Å². The first-order chi connectivity index (χ1) is 12.8. The Hall–Kier alpha value is -3.02. The van der Waals surface area contributed by atoms with Crippen LogP contribution in [0.15, 0.2) is 42.5 Å². The molecule has 0 bridgehead atoms. The van der Waals surface area contributed by atoms with E-state index in [-0.39, 0.29) is 5.91 Å². The number of ether oxygens (including phenoxy) is 2. The van der Waals surface area contributed by atoms with Gasteiger partial charge >= 0.3 is 0 Å². The predicted molar refractivity (Wildman–Crippen MR) is 100 cm³/mol. The standard InChI is InChI=1S/C20H21N3O3/c1-2-10-23-16-7-4-3-6-15(16)21-20(23)22-19(24)14-8-9-17-18(13-14)26-12-5-11-25-17/h3-4,6-9,13H,2,5,10-12H2,1H3,(H,21,22,24). The van der Waals surface area contributed by atoms with Crippen LogP contribution < -0.4 is 14.8 Å². The second kappa shape index (κ2) is 7.07. The summed E-state index contributed by atoms with van der Waals surface area (Å²) < 4.78 is 13.3. The molecule has 0 saturated carbocycles. The number of nitrogens with zero attached hydrogens (tertiary/aromatic N) is 2. The van der Waals surface area contributed by atoms with Crippen LogP contribution in [0.2, 0.25) is 0 Å². The van der Waals surface area contributed by atoms with E-state index >= 15 is 0 Å². The van der Waals surface area contributed by atoms with E-state index in [2.05, 4.69) is 17.2 Å². The molecule has 134 valence electrons. The van der Waals surface area contributed by atoms with Gasteiger partial charge in [-0.1, -0.05) is 19.1 Å². The first-order valence-electron chi connectivity index (χ1n) is 8.92. The van der Waals surface area contributed by atoms with Crippen molar-refractivity contribution in [1.29, 1.82) is 0 Å². The summed E-state index contributed by atoms with van der Waals surface area (Å²) in [7, 11) is 0. The minimum atomic E-state index is -0.215. The molecule has 0 atom stereocenters. The van der Waals surface area contributed by atoms with Crippen molar-refractivity contribution in [3.63, 3.8) is 0 Å². The number of rotatable bonds is 4. The molecule has 0 unspecified atom stereocenters. The summed E-state index contributed by atoms with van der Waals surface area (Å²) in [6.07, 6.45) is 1.78. The van der Waals surface area contributed by atoms with Gasteiger partial charge in [0, 0.05) is 18.5 Å². The van der Waals surface area contributed by atoms with Crippen LogP contribution in [0, 0.1) is 0 Å². The average molecular weight is 351 g/mol. The Balaban J connectivity index is 1.63. The first kappa shape index (κ1) is 16.4. The summed E-state index contributed by atoms with van der Waals surface area (Å²) in [5, 5.41) is 2.94. The number of fused-ring (bicyclic) bond motifs is 2. The Kier molecular flexibility index (Phi) is 4.48. The van der Waals surface area contributed by atoms with Crippen molar-refractivity contribution in [2.45, 2.75) is 26.3 Å². The highest BCUT2D eigenvalue weighted by atomic mass is 16.5. The normalized spacial score (nSPS) is 13.4. The monoisotopic (exact) mass is 351 g/mol. The Labute approximate surface area is 151 Å². The lowest BCUT2D eigenvalue weighted by Crippen LogP contribution is -2.16. The Morgan fingerprint density at radius 2 is 1.96 bits per heavy atom. The predicted octanol–water partition coefficient (Wildman–Crippen LogP) is 3.86. The largest absolute Gasteiger partial charge is 0.490 e. The molecule has 2 aromatic carbocycles. The summed E-state index contributed by atoms with van der Waals surface area (Å²) in [5.74, 6) is 1.63. The number of carbonyl (C=O) groups is 1. The van der Waals surface area contributed by atoms with E-state index in [0.29, 0.717) is 36.2 Å². The first-order valence-corrected chi connectivity index (χ1v) is 8.92. The number of amides is 1. The van der Waals surface area contributed by atoms with Gasteiger partial charge in [-0.15, -0.1) is 0 Å². The third kappa shape index (κ3) is 3.10. The van der Waals surface area contributed by atoms with E-state index in [9.17, 15) is 4.79 Å². The lowest BCUT2D eigenvalue weighted by atomic mass is 10.2. The van der Waals surface area contributed by atoms with Crippen LogP contribution in [0.4, 0.5) is 5.95 Å². The maximum Gasteiger partial charge on any atom is 0.258 e. The van der Waals surface area contributed by atoms with Crippen molar-refractivity contribution >= 4 is 22.9 Å². The minimum absolute atomic E-state index is 0.215. The van der Waals surface area contributed by atoms with Gasteiger partial charge < -0.3 is 14.0 Å². The molecule has 1 N–H and O–H groups in total. The summed E-state index contributed by atoms with van der Waals surface area (Å²) in [5.41, 5.74) is 2.41. The van der Waals surface area contributed by atoms with Crippen molar-refractivity contribution in [3.05, 3.63) is 48.0 Å². The number of hydrogen-bond acceptors (Lipinski definition) is 4. The van der Waals surface area contributed by atoms with E-state index < -0.39 is 0 Å². The van der Waals surface area contributed by atoms with Crippen LogP contribution in [0.25, 0.3) is 11.0 Å². The fourth-order valence-electron chi connectivity index (χ4n) is 3.10. The number of imidazole rings is 1. The second-order valence-corrected chi connectivity index (χ2v) is 6.24. The highest BCUT2D eigenvalue weighted by Gasteiger charge is 2.17. The van der Waals surface area contributed by atoms with Gasteiger partial charge in [0.05, 0.1) is 24.2 Å². The number of benzene rings is 2. The molecule has 0 spiro atoms. The number of hydrogen-bond donors (Lipinski definition) is 1. The molecule has 0 fully saturated rings. The summed E-state index contributed by atoms with van der Waals surface area (Å²) >= 11 is 0. The van der Waals surface area contributed by atoms with Crippen molar-refractivity contribution in [2.24, 2.45) is 0 Å². The molecule has 1 aliphatic rings. The van der Waals surface area contributed by atoms with Gasteiger partial charge in [-0.2, -0.15) is 0 Å². The van der Waals surface area contributed by atoms with Crippen molar-refractivity contribution in [3.8, 4) is 11.5 Å². The van der Waals surface area contributed by atoms with Crippen LogP contribution in [0.3, 0.4) is 0 Å². The van der Waals surface area contributed by atoms with Crippen molar-refractivity contribution < 1.29 is 14.3 Å². The molecule has 2 heterocycles. The smallest absolute Gasteiger partial charge is 0.258 e. The van der Waals surface area contributed by atoms with Gasteiger partial charge in [-0.25, -0.2) is 4.98 Å². The lowest BCUT2D eigenvalue weighted by molar-refractivity contribution is 0.102. The minimum Gasteiger partial charge on any atom is -0.490 e. The molecule has 6 nitrogen and oxygen atoms in total. The summed E-state index contributed by atoms with van der Waals surface area (Å²) in [4.78, 5) is 17.3. The van der Waals surface area contributed by atoms with Crippen LogP contribution in [-0.2, 0) is 6.54 Å². The number of carbonyl (C=O) groups excluding carboxylic acids is 1. The van der Waals surface area contributed by atoms with Crippen molar-refractivity contribution in [2.75, 3.05) is 18.5 Å². The fourth-order valence-corrected chi connectivity index (χ4v) is 3.10. The topological polar surface area (TPSA) is 65.4 Å². The number of nitrogens with one attached hydrogen (secondary N) is 1. The molecule has 3 aromatic rings. The molecule has 1 aliphatic heterocycles. The molecular formula is C20H21N3O3.